The van der Waals surface area contributed by atoms with Crippen molar-refractivity contribution in [2.45, 2.75) is 50.6 Å². The average molecular weight is 355 g/mol. The van der Waals surface area contributed by atoms with Crippen molar-refractivity contribution < 1.29 is 0 Å². The van der Waals surface area contributed by atoms with Crippen LogP contribution in [0.1, 0.15) is 49.4 Å². The lowest BCUT2D eigenvalue weighted by Gasteiger charge is -2.35. The molecule has 0 bridgehead atoms. The van der Waals surface area contributed by atoms with Crippen LogP contribution in [0.4, 0.5) is 5.95 Å². The largest absolute Gasteiger partial charge is 0.351 e. The number of nitrogens with two attached hydrogens (primary N) is 1. The summed E-state index contributed by atoms with van der Waals surface area (Å²) in [7, 11) is 0. The second-order valence-electron chi connectivity index (χ2n) is 7.46. The third-order valence-corrected chi connectivity index (χ3v) is 5.46. The van der Waals surface area contributed by atoms with E-state index in [0.717, 1.165) is 43.4 Å². The lowest BCUT2D eigenvalue weighted by molar-refractivity contribution is 0.302. The van der Waals surface area contributed by atoms with Gasteiger partial charge in [0.15, 0.2) is 0 Å². The maximum atomic E-state index is 6.42. The molecule has 2 atom stereocenters. The number of halogens is 1. The maximum absolute atomic E-state index is 6.42. The highest BCUT2D eigenvalue weighted by atomic mass is 35.5. The molecule has 0 aliphatic heterocycles. The highest BCUT2D eigenvalue weighted by Gasteiger charge is 2.29. The van der Waals surface area contributed by atoms with Crippen LogP contribution in [-0.2, 0) is 6.42 Å². The number of aromatic nitrogens is 2. The van der Waals surface area contributed by atoms with Crippen LogP contribution in [0, 0.1) is 0 Å². The van der Waals surface area contributed by atoms with Crippen molar-refractivity contribution in [3.05, 3.63) is 58.4 Å². The number of nitrogens with one attached hydrogen (secondary N) is 1. The highest BCUT2D eigenvalue weighted by molar-refractivity contribution is 6.32. The molecular formula is C20H23ClN4. The highest BCUT2D eigenvalue weighted by Crippen LogP contribution is 2.35. The van der Waals surface area contributed by atoms with Gasteiger partial charge in [-0.3, -0.25) is 0 Å². The van der Waals surface area contributed by atoms with Crippen LogP contribution in [0.5, 0.6) is 0 Å². The summed E-state index contributed by atoms with van der Waals surface area (Å²) in [6.45, 7) is 2.12. The molecule has 4 nitrogen and oxygen atoms in total. The summed E-state index contributed by atoms with van der Waals surface area (Å²) >= 11 is 6.42. The van der Waals surface area contributed by atoms with Crippen LogP contribution in [0.2, 0.25) is 5.02 Å². The van der Waals surface area contributed by atoms with Gasteiger partial charge < -0.3 is 11.1 Å². The molecule has 25 heavy (non-hydrogen) atoms. The van der Waals surface area contributed by atoms with E-state index in [-0.39, 0.29) is 5.54 Å². The maximum Gasteiger partial charge on any atom is 0.223 e. The molecule has 1 aromatic carbocycles. The van der Waals surface area contributed by atoms with Gasteiger partial charge in [-0.05, 0) is 50.2 Å². The predicted molar refractivity (Wildman–Crippen MR) is 103 cm³/mol. The minimum absolute atomic E-state index is 0.113. The van der Waals surface area contributed by atoms with Crippen molar-refractivity contribution in [1.29, 1.82) is 0 Å². The predicted octanol–water partition coefficient (Wildman–Crippen LogP) is 4.19. The Morgan fingerprint density at radius 1 is 1.32 bits per heavy atom. The van der Waals surface area contributed by atoms with Gasteiger partial charge in [-0.1, -0.05) is 41.9 Å². The molecule has 0 radical (unpaired) electrons. The van der Waals surface area contributed by atoms with E-state index in [9.17, 15) is 0 Å². The van der Waals surface area contributed by atoms with Crippen molar-refractivity contribution in [3.63, 3.8) is 0 Å². The monoisotopic (exact) mass is 354 g/mol. The molecule has 5 heteroatoms. The molecule has 0 spiro atoms. The first-order chi connectivity index (χ1) is 12.0. The van der Waals surface area contributed by atoms with Crippen molar-refractivity contribution in [1.82, 2.24) is 9.97 Å². The Morgan fingerprint density at radius 2 is 2.16 bits per heavy atom. The Labute approximate surface area is 153 Å². The standard InChI is InChI=1S/C20H23ClN4/c1-20(22)10-4-6-14(11-20)24-19-23-12-17(21)18(25-19)16-9-8-13-5-2-3-7-15(13)16/h2-3,5,7,9,12,14H,4,6,8,10-11,22H2,1H3,(H,23,24,25). The number of fused-ring (bicyclic) bond motifs is 1. The number of rotatable bonds is 3. The van der Waals surface area contributed by atoms with E-state index in [1.54, 1.807) is 6.20 Å². The first kappa shape index (κ1) is 16.6. The van der Waals surface area contributed by atoms with Crippen LogP contribution in [-0.4, -0.2) is 21.5 Å². The van der Waals surface area contributed by atoms with Crippen LogP contribution in [0.3, 0.4) is 0 Å². The van der Waals surface area contributed by atoms with E-state index in [1.807, 2.05) is 0 Å². The molecule has 4 rings (SSSR count). The van der Waals surface area contributed by atoms with Gasteiger partial charge in [0.1, 0.15) is 0 Å². The smallest absolute Gasteiger partial charge is 0.223 e. The summed E-state index contributed by atoms with van der Waals surface area (Å²) < 4.78 is 0. The summed E-state index contributed by atoms with van der Waals surface area (Å²) in [6.07, 6.45) is 9.03. The second kappa shape index (κ2) is 6.43. The average Bonchev–Trinajstić information content (AvgIpc) is 3.00. The molecule has 0 saturated heterocycles. The zero-order valence-electron chi connectivity index (χ0n) is 14.4. The number of hydrogen-bond acceptors (Lipinski definition) is 4. The molecule has 2 aliphatic rings. The number of hydrogen-bond donors (Lipinski definition) is 2. The lowest BCUT2D eigenvalue weighted by Crippen LogP contribution is -2.45. The molecule has 1 aromatic heterocycles. The van der Waals surface area contributed by atoms with Gasteiger partial charge in [0.25, 0.3) is 0 Å². The number of nitrogens with zero attached hydrogens (tertiary/aromatic N) is 2. The number of anilines is 1. The van der Waals surface area contributed by atoms with E-state index in [2.05, 4.69) is 47.6 Å². The minimum atomic E-state index is -0.113. The third-order valence-electron chi connectivity index (χ3n) is 5.18. The van der Waals surface area contributed by atoms with Crippen LogP contribution in [0.25, 0.3) is 5.57 Å². The van der Waals surface area contributed by atoms with Crippen molar-refractivity contribution in [2.24, 2.45) is 5.73 Å². The first-order valence-electron chi connectivity index (χ1n) is 8.89. The minimum Gasteiger partial charge on any atom is -0.351 e. The van der Waals surface area contributed by atoms with Gasteiger partial charge in [-0.15, -0.1) is 0 Å². The first-order valence-corrected chi connectivity index (χ1v) is 9.26. The number of allylic oxidation sites excluding steroid dienone is 1. The number of benzene rings is 1. The van der Waals surface area contributed by atoms with Crippen molar-refractivity contribution >= 4 is 23.1 Å². The summed E-state index contributed by atoms with van der Waals surface area (Å²) in [5.41, 5.74) is 10.6. The quantitative estimate of drug-likeness (QED) is 0.867. The summed E-state index contributed by atoms with van der Waals surface area (Å²) in [4.78, 5) is 9.12. The van der Waals surface area contributed by atoms with Gasteiger partial charge in [0.2, 0.25) is 5.95 Å². The Bertz CT molecular complexity index is 828. The van der Waals surface area contributed by atoms with Gasteiger partial charge in [0.05, 0.1) is 16.9 Å². The van der Waals surface area contributed by atoms with Gasteiger partial charge in [0, 0.05) is 17.2 Å². The van der Waals surface area contributed by atoms with Crippen LogP contribution < -0.4 is 11.1 Å². The summed E-state index contributed by atoms with van der Waals surface area (Å²) in [6, 6.07) is 8.70. The van der Waals surface area contributed by atoms with Gasteiger partial charge in [-0.2, -0.15) is 0 Å². The zero-order chi connectivity index (χ0) is 17.4. The van der Waals surface area contributed by atoms with E-state index in [1.165, 1.54) is 11.1 Å². The molecule has 130 valence electrons. The summed E-state index contributed by atoms with van der Waals surface area (Å²) in [5, 5.41) is 4.05. The Balaban J connectivity index is 1.60. The third kappa shape index (κ3) is 3.42. The second-order valence-corrected chi connectivity index (χ2v) is 7.87. The Hall–Kier alpha value is -1.91. The molecule has 3 N–H and O–H groups in total. The molecule has 1 saturated carbocycles. The fourth-order valence-electron chi connectivity index (χ4n) is 3.96. The topological polar surface area (TPSA) is 63.8 Å². The zero-order valence-corrected chi connectivity index (χ0v) is 15.2. The lowest BCUT2D eigenvalue weighted by atomic mass is 9.81. The van der Waals surface area contributed by atoms with E-state index in [4.69, 9.17) is 22.3 Å². The van der Waals surface area contributed by atoms with Gasteiger partial charge >= 0.3 is 0 Å². The van der Waals surface area contributed by atoms with E-state index in [0.29, 0.717) is 17.0 Å². The van der Waals surface area contributed by atoms with Crippen LogP contribution >= 0.6 is 11.6 Å². The van der Waals surface area contributed by atoms with Crippen molar-refractivity contribution in [2.75, 3.05) is 5.32 Å². The van der Waals surface area contributed by atoms with E-state index >= 15 is 0 Å². The SMILES string of the molecule is CC1(N)CCCC(Nc2ncc(Cl)c(C3=CCc4ccccc43)n2)C1. The molecule has 1 fully saturated rings. The van der Waals surface area contributed by atoms with Crippen molar-refractivity contribution in [3.8, 4) is 0 Å². The molecule has 1 heterocycles. The fourth-order valence-corrected chi connectivity index (χ4v) is 4.15. The fraction of sp³-hybridized carbons (Fsp3) is 0.400. The molecular weight excluding hydrogens is 332 g/mol. The van der Waals surface area contributed by atoms with Gasteiger partial charge in [-0.25, -0.2) is 9.97 Å². The molecule has 0 amide bonds. The molecule has 2 unspecified atom stereocenters. The van der Waals surface area contributed by atoms with Crippen LogP contribution in [0.15, 0.2) is 36.5 Å². The molecule has 2 aromatic rings. The molecule has 2 aliphatic carbocycles. The Kier molecular flexibility index (Phi) is 4.26. The van der Waals surface area contributed by atoms with E-state index < -0.39 is 0 Å². The normalized spacial score (nSPS) is 25.4. The Morgan fingerprint density at radius 3 is 3.00 bits per heavy atom. The summed E-state index contributed by atoms with van der Waals surface area (Å²) in [5.74, 6) is 0.632.